The number of hydrogen-bond donors (Lipinski definition) is 0. The molecule has 0 spiro atoms. The molecule has 1 nitrogen and oxygen atoms in total. The van der Waals surface area contributed by atoms with Crippen molar-refractivity contribution in [3.05, 3.63) is 24.3 Å². The second-order valence-corrected chi connectivity index (χ2v) is 5.96. The zero-order valence-electron chi connectivity index (χ0n) is 9.78. The van der Waals surface area contributed by atoms with Crippen molar-refractivity contribution in [2.24, 2.45) is 11.8 Å². The number of rotatable bonds is 2. The summed E-state index contributed by atoms with van der Waals surface area (Å²) in [6.07, 6.45) is 0. The second kappa shape index (κ2) is 3.75. The second-order valence-electron chi connectivity index (χ2n) is 4.68. The van der Waals surface area contributed by atoms with Gasteiger partial charge in [0.15, 0.2) is 4.93 Å². The van der Waals surface area contributed by atoms with Gasteiger partial charge in [-0.05, 0) is 12.1 Å². The summed E-state index contributed by atoms with van der Waals surface area (Å²) in [6, 6.07) is 8.32. The number of ether oxygens (including phenoxy) is 1. The normalized spacial score (nSPS) is 18.0. The highest BCUT2D eigenvalue weighted by atomic mass is 32.2. The molecule has 0 N–H and O–H groups in total. The van der Waals surface area contributed by atoms with Gasteiger partial charge in [-0.25, -0.2) is 0 Å². The van der Waals surface area contributed by atoms with E-state index in [9.17, 15) is 0 Å². The molecule has 0 saturated heterocycles. The fraction of sp³-hybridized carbons (Fsp3) is 0.538. The maximum Gasteiger partial charge on any atom is 0.163 e. The van der Waals surface area contributed by atoms with Crippen LogP contribution in [0.4, 0.5) is 0 Å². The lowest BCUT2D eigenvalue weighted by atomic mass is 9.95. The minimum absolute atomic E-state index is 0.0797. The van der Waals surface area contributed by atoms with Gasteiger partial charge in [-0.1, -0.05) is 51.6 Å². The molecule has 1 aliphatic rings. The van der Waals surface area contributed by atoms with Gasteiger partial charge in [0.25, 0.3) is 0 Å². The van der Waals surface area contributed by atoms with Gasteiger partial charge >= 0.3 is 0 Å². The smallest absolute Gasteiger partial charge is 0.163 e. The van der Waals surface area contributed by atoms with E-state index in [1.54, 1.807) is 0 Å². The zero-order valence-corrected chi connectivity index (χ0v) is 10.6. The van der Waals surface area contributed by atoms with Crippen LogP contribution in [0.15, 0.2) is 29.2 Å². The Morgan fingerprint density at radius 2 is 1.67 bits per heavy atom. The van der Waals surface area contributed by atoms with Gasteiger partial charge in [0.1, 0.15) is 5.75 Å². The standard InChI is InChI=1S/C13H18OS/c1-9(2)13(10(3)4)14-11-7-5-6-8-12(11)15-13/h5-10H,1-4H3. The van der Waals surface area contributed by atoms with Gasteiger partial charge in [-0.2, -0.15) is 0 Å². The van der Waals surface area contributed by atoms with Gasteiger partial charge in [-0.15, -0.1) is 0 Å². The van der Waals surface area contributed by atoms with Gasteiger partial charge in [0.05, 0.1) is 4.90 Å². The predicted octanol–water partition coefficient (Wildman–Crippen LogP) is 4.18. The minimum atomic E-state index is -0.0797. The van der Waals surface area contributed by atoms with E-state index in [1.807, 2.05) is 17.8 Å². The molecule has 0 aliphatic carbocycles. The van der Waals surface area contributed by atoms with E-state index in [0.717, 1.165) is 5.75 Å². The van der Waals surface area contributed by atoms with Gasteiger partial charge < -0.3 is 4.74 Å². The van der Waals surface area contributed by atoms with Crippen LogP contribution in [0.3, 0.4) is 0 Å². The molecule has 2 heteroatoms. The van der Waals surface area contributed by atoms with Crippen molar-refractivity contribution in [3.63, 3.8) is 0 Å². The molecule has 0 unspecified atom stereocenters. The highest BCUT2D eigenvalue weighted by molar-refractivity contribution is 8.01. The maximum absolute atomic E-state index is 6.18. The van der Waals surface area contributed by atoms with E-state index in [2.05, 4.69) is 45.9 Å². The number of hydrogen-bond acceptors (Lipinski definition) is 2. The first-order valence-corrected chi connectivity index (χ1v) is 6.35. The molecule has 82 valence electrons. The third-order valence-electron chi connectivity index (χ3n) is 3.00. The number of para-hydroxylation sites is 1. The van der Waals surface area contributed by atoms with Crippen molar-refractivity contribution in [1.82, 2.24) is 0 Å². The van der Waals surface area contributed by atoms with Crippen molar-refractivity contribution in [2.45, 2.75) is 37.5 Å². The third kappa shape index (κ3) is 1.65. The molecule has 1 aliphatic heterocycles. The van der Waals surface area contributed by atoms with E-state index in [1.165, 1.54) is 4.90 Å². The average Bonchev–Trinajstić information content (AvgIpc) is 2.57. The van der Waals surface area contributed by atoms with E-state index in [0.29, 0.717) is 11.8 Å². The Labute approximate surface area is 96.2 Å². The summed E-state index contributed by atoms with van der Waals surface area (Å²) >= 11 is 1.88. The Hall–Kier alpha value is -0.630. The highest BCUT2D eigenvalue weighted by Crippen LogP contribution is 2.53. The summed E-state index contributed by atoms with van der Waals surface area (Å²) in [5.74, 6) is 2.06. The predicted molar refractivity (Wildman–Crippen MR) is 65.3 cm³/mol. The lowest BCUT2D eigenvalue weighted by molar-refractivity contribution is 0.0756. The Morgan fingerprint density at radius 3 is 2.20 bits per heavy atom. The number of benzene rings is 1. The van der Waals surface area contributed by atoms with Crippen LogP contribution in [0.2, 0.25) is 0 Å². The van der Waals surface area contributed by atoms with Crippen LogP contribution in [0.5, 0.6) is 5.75 Å². The molecular formula is C13H18OS. The van der Waals surface area contributed by atoms with E-state index in [4.69, 9.17) is 4.74 Å². The topological polar surface area (TPSA) is 9.23 Å². The van der Waals surface area contributed by atoms with E-state index < -0.39 is 0 Å². The molecule has 0 fully saturated rings. The lowest BCUT2D eigenvalue weighted by Crippen LogP contribution is -2.40. The quantitative estimate of drug-likeness (QED) is 0.742. The average molecular weight is 222 g/mol. The Morgan fingerprint density at radius 1 is 1.07 bits per heavy atom. The van der Waals surface area contributed by atoms with Gasteiger partial charge in [-0.3, -0.25) is 0 Å². The SMILES string of the molecule is CC(C)C1(C(C)C)Oc2ccccc2S1. The fourth-order valence-electron chi connectivity index (χ4n) is 2.12. The molecule has 1 heterocycles. The van der Waals surface area contributed by atoms with Crippen molar-refractivity contribution in [2.75, 3.05) is 0 Å². The van der Waals surface area contributed by atoms with Crippen molar-refractivity contribution < 1.29 is 4.74 Å². The first-order valence-electron chi connectivity index (χ1n) is 5.53. The zero-order chi connectivity index (χ0) is 11.1. The Balaban J connectivity index is 2.36. The van der Waals surface area contributed by atoms with Crippen molar-refractivity contribution >= 4 is 11.8 Å². The number of thioether (sulfide) groups is 1. The minimum Gasteiger partial charge on any atom is -0.475 e. The Bertz CT molecular complexity index is 322. The molecule has 0 aromatic heterocycles. The molecule has 0 radical (unpaired) electrons. The van der Waals surface area contributed by atoms with Crippen LogP contribution in [-0.2, 0) is 0 Å². The molecule has 0 amide bonds. The molecule has 0 bridgehead atoms. The van der Waals surface area contributed by atoms with Crippen LogP contribution in [0.25, 0.3) is 0 Å². The van der Waals surface area contributed by atoms with Gasteiger partial charge in [0, 0.05) is 11.8 Å². The summed E-state index contributed by atoms with van der Waals surface area (Å²) in [7, 11) is 0. The fourth-order valence-corrected chi connectivity index (χ4v) is 3.42. The van der Waals surface area contributed by atoms with Crippen LogP contribution in [-0.4, -0.2) is 4.93 Å². The number of fused-ring (bicyclic) bond motifs is 1. The summed E-state index contributed by atoms with van der Waals surface area (Å²) in [6.45, 7) is 8.94. The molecule has 2 rings (SSSR count). The maximum atomic E-state index is 6.18. The van der Waals surface area contributed by atoms with Crippen molar-refractivity contribution in [1.29, 1.82) is 0 Å². The van der Waals surface area contributed by atoms with E-state index in [-0.39, 0.29) is 4.93 Å². The highest BCUT2D eigenvalue weighted by Gasteiger charge is 2.45. The van der Waals surface area contributed by atoms with Gasteiger partial charge in [0.2, 0.25) is 0 Å². The summed E-state index contributed by atoms with van der Waals surface area (Å²) < 4.78 is 6.18. The van der Waals surface area contributed by atoms with Crippen LogP contribution >= 0.6 is 11.8 Å². The van der Waals surface area contributed by atoms with Crippen LogP contribution in [0, 0.1) is 11.8 Å². The molecular weight excluding hydrogens is 204 g/mol. The molecule has 1 aromatic rings. The lowest BCUT2D eigenvalue weighted by Gasteiger charge is -2.35. The first kappa shape index (κ1) is 10.9. The largest absolute Gasteiger partial charge is 0.475 e. The molecule has 0 saturated carbocycles. The van der Waals surface area contributed by atoms with E-state index >= 15 is 0 Å². The van der Waals surface area contributed by atoms with Crippen molar-refractivity contribution in [3.8, 4) is 5.75 Å². The monoisotopic (exact) mass is 222 g/mol. The molecule has 15 heavy (non-hydrogen) atoms. The first-order chi connectivity index (χ1) is 7.06. The summed E-state index contributed by atoms with van der Waals surface area (Å²) in [5, 5.41) is 0. The third-order valence-corrected chi connectivity index (χ3v) is 4.90. The van der Waals surface area contributed by atoms with Crippen LogP contribution in [0.1, 0.15) is 27.7 Å². The molecule has 0 atom stereocenters. The van der Waals surface area contributed by atoms with Crippen LogP contribution < -0.4 is 4.74 Å². The molecule has 1 aromatic carbocycles. The summed E-state index contributed by atoms with van der Waals surface area (Å²) in [4.78, 5) is 1.20. The summed E-state index contributed by atoms with van der Waals surface area (Å²) in [5.41, 5.74) is 0. The Kier molecular flexibility index (Phi) is 2.72.